The van der Waals surface area contributed by atoms with Gasteiger partial charge in [-0.15, -0.1) is 0 Å². The van der Waals surface area contributed by atoms with Gasteiger partial charge in [0.05, 0.1) is 18.1 Å². The lowest BCUT2D eigenvalue weighted by Gasteiger charge is -2.16. The Hall–Kier alpha value is -2.51. The maximum absolute atomic E-state index is 10.9. The zero-order chi connectivity index (χ0) is 14.4. The summed E-state index contributed by atoms with van der Waals surface area (Å²) in [6, 6.07) is 4.16. The third kappa shape index (κ3) is 3.47. The second kappa shape index (κ2) is 6.43. The Morgan fingerprint density at radius 2 is 2.32 bits per heavy atom. The van der Waals surface area contributed by atoms with Crippen LogP contribution in [0.15, 0.2) is 23.4 Å². The first-order valence-electron chi connectivity index (χ1n) is 5.50. The lowest BCUT2D eigenvalue weighted by molar-refractivity contribution is -0.385. The maximum atomic E-state index is 10.9. The van der Waals surface area contributed by atoms with E-state index in [-0.39, 0.29) is 23.0 Å². The highest BCUT2D eigenvalue weighted by molar-refractivity contribution is 5.84. The van der Waals surface area contributed by atoms with Crippen LogP contribution in [0.5, 0.6) is 11.5 Å². The third-order valence-corrected chi connectivity index (χ3v) is 2.44. The van der Waals surface area contributed by atoms with Crippen LogP contribution in [0.1, 0.15) is 13.3 Å². The van der Waals surface area contributed by atoms with Gasteiger partial charge in [-0.3, -0.25) is 10.1 Å². The van der Waals surface area contributed by atoms with Crippen LogP contribution in [0.3, 0.4) is 0 Å². The molecule has 0 aliphatic carbocycles. The van der Waals surface area contributed by atoms with Gasteiger partial charge in [0, 0.05) is 0 Å². The lowest BCUT2D eigenvalue weighted by Crippen LogP contribution is -2.33. The summed E-state index contributed by atoms with van der Waals surface area (Å²) in [4.78, 5) is 10.3. The Kier molecular flexibility index (Phi) is 4.92. The van der Waals surface area contributed by atoms with Crippen molar-refractivity contribution < 1.29 is 19.6 Å². The van der Waals surface area contributed by atoms with Gasteiger partial charge in [-0.05, 0) is 18.6 Å². The van der Waals surface area contributed by atoms with Crippen LogP contribution >= 0.6 is 0 Å². The monoisotopic (exact) mass is 269 g/mol. The summed E-state index contributed by atoms with van der Waals surface area (Å²) in [6.07, 6.45) is -0.201. The van der Waals surface area contributed by atoms with Crippen molar-refractivity contribution in [3.05, 3.63) is 28.3 Å². The molecule has 1 aromatic rings. The normalized spacial score (nSPS) is 12.8. The van der Waals surface area contributed by atoms with Crippen LogP contribution < -0.4 is 15.2 Å². The number of hydrogen-bond acceptors (Lipinski definition) is 6. The van der Waals surface area contributed by atoms with Gasteiger partial charge in [-0.25, -0.2) is 0 Å². The minimum atomic E-state index is -0.655. The zero-order valence-electron chi connectivity index (χ0n) is 10.6. The van der Waals surface area contributed by atoms with E-state index in [1.807, 2.05) is 0 Å². The van der Waals surface area contributed by atoms with Gasteiger partial charge in [0.1, 0.15) is 5.75 Å². The molecule has 8 nitrogen and oxygen atoms in total. The first-order valence-corrected chi connectivity index (χ1v) is 5.50. The van der Waals surface area contributed by atoms with Crippen molar-refractivity contribution >= 4 is 11.5 Å². The summed E-state index contributed by atoms with van der Waals surface area (Å²) < 4.78 is 10.3. The molecule has 0 aromatic heterocycles. The average Bonchev–Trinajstić information content (AvgIpc) is 2.43. The Bertz CT molecular complexity index is 489. The Morgan fingerprint density at radius 1 is 1.63 bits per heavy atom. The molecule has 3 N–H and O–H groups in total. The van der Waals surface area contributed by atoms with E-state index in [1.165, 1.54) is 25.3 Å². The molecule has 19 heavy (non-hydrogen) atoms. The highest BCUT2D eigenvalue weighted by atomic mass is 16.6. The zero-order valence-corrected chi connectivity index (χ0v) is 10.6. The van der Waals surface area contributed by atoms with E-state index >= 15 is 0 Å². The number of rotatable bonds is 6. The number of methoxy groups -OCH3 is 1. The van der Waals surface area contributed by atoms with Gasteiger partial charge in [-0.1, -0.05) is 12.1 Å². The molecule has 0 aliphatic heterocycles. The van der Waals surface area contributed by atoms with E-state index in [1.54, 1.807) is 6.92 Å². The number of nitrogens with zero attached hydrogens (tertiary/aromatic N) is 2. The van der Waals surface area contributed by atoms with Crippen molar-refractivity contribution in [2.24, 2.45) is 10.9 Å². The quantitative estimate of drug-likeness (QED) is 0.265. The highest BCUT2D eigenvalue weighted by Gasteiger charge is 2.19. The number of oxime groups is 1. The molecule has 1 aromatic carbocycles. The summed E-state index contributed by atoms with van der Waals surface area (Å²) >= 11 is 0. The summed E-state index contributed by atoms with van der Waals surface area (Å²) in [6.45, 7) is 1.78. The molecule has 104 valence electrons. The molecule has 0 radical (unpaired) electrons. The predicted octanol–water partition coefficient (Wildman–Crippen LogP) is 1.51. The fourth-order valence-corrected chi connectivity index (χ4v) is 1.47. The van der Waals surface area contributed by atoms with E-state index in [9.17, 15) is 10.1 Å². The van der Waals surface area contributed by atoms with E-state index in [0.29, 0.717) is 6.42 Å². The smallest absolute Gasteiger partial charge is 0.314 e. The molecule has 0 amide bonds. The topological polar surface area (TPSA) is 120 Å². The molecule has 0 saturated heterocycles. The molecule has 1 atom stereocenters. The van der Waals surface area contributed by atoms with Gasteiger partial charge in [0.25, 0.3) is 0 Å². The number of ether oxygens (including phenoxy) is 2. The van der Waals surface area contributed by atoms with E-state index in [4.69, 9.17) is 20.4 Å². The number of benzene rings is 1. The fraction of sp³-hybridized carbons (Fsp3) is 0.364. The van der Waals surface area contributed by atoms with E-state index in [0.717, 1.165) is 0 Å². The molecular weight excluding hydrogens is 254 g/mol. The van der Waals surface area contributed by atoms with E-state index in [2.05, 4.69) is 5.16 Å². The molecule has 8 heteroatoms. The van der Waals surface area contributed by atoms with Crippen molar-refractivity contribution in [1.82, 2.24) is 0 Å². The number of hydrogen-bond donors (Lipinski definition) is 2. The number of amidine groups is 1. The van der Waals surface area contributed by atoms with Gasteiger partial charge in [0.15, 0.2) is 17.7 Å². The third-order valence-electron chi connectivity index (χ3n) is 2.44. The molecular formula is C11H15N3O5. The van der Waals surface area contributed by atoms with Crippen molar-refractivity contribution in [3.63, 3.8) is 0 Å². The standard InChI is InChI=1S/C11H15N3O5/c1-3-9(11(12)13-15)19-7-4-5-10(18-2)8(6-7)14(16)17/h4-6,9,15H,3H2,1-2H3,(H2,12,13). The van der Waals surface area contributed by atoms with Crippen LogP contribution in [-0.4, -0.2) is 29.2 Å². The summed E-state index contributed by atoms with van der Waals surface area (Å²) in [5.41, 5.74) is 5.23. The van der Waals surface area contributed by atoms with Gasteiger partial charge in [0.2, 0.25) is 0 Å². The summed E-state index contributed by atoms with van der Waals surface area (Å²) in [5.74, 6) is 0.279. The van der Waals surface area contributed by atoms with Gasteiger partial charge in [-0.2, -0.15) is 0 Å². The molecule has 0 fully saturated rings. The van der Waals surface area contributed by atoms with Crippen molar-refractivity contribution in [3.8, 4) is 11.5 Å². The molecule has 0 aliphatic rings. The summed E-state index contributed by atoms with van der Waals surface area (Å²) in [5, 5.41) is 22.3. The molecule has 1 unspecified atom stereocenters. The molecule has 0 spiro atoms. The Labute approximate surface area is 109 Å². The molecule has 1 rings (SSSR count). The lowest BCUT2D eigenvalue weighted by atomic mass is 10.2. The van der Waals surface area contributed by atoms with Crippen molar-refractivity contribution in [2.45, 2.75) is 19.4 Å². The van der Waals surface area contributed by atoms with Crippen LogP contribution in [0.4, 0.5) is 5.69 Å². The predicted molar refractivity (Wildman–Crippen MR) is 67.8 cm³/mol. The highest BCUT2D eigenvalue weighted by Crippen LogP contribution is 2.31. The SMILES string of the molecule is CCC(Oc1ccc(OC)c([N+](=O)[O-])c1)/C(N)=N/O. The van der Waals surface area contributed by atoms with Crippen molar-refractivity contribution in [1.29, 1.82) is 0 Å². The number of nitrogens with two attached hydrogens (primary N) is 1. The van der Waals surface area contributed by atoms with E-state index < -0.39 is 11.0 Å². The Morgan fingerprint density at radius 3 is 2.79 bits per heavy atom. The fourth-order valence-electron chi connectivity index (χ4n) is 1.47. The van der Waals surface area contributed by atoms with Crippen LogP contribution in [0.25, 0.3) is 0 Å². The molecule has 0 saturated carbocycles. The average molecular weight is 269 g/mol. The Balaban J connectivity index is 3.02. The minimum Gasteiger partial charge on any atom is -0.490 e. The number of nitro benzene ring substituents is 1. The largest absolute Gasteiger partial charge is 0.490 e. The van der Waals surface area contributed by atoms with Crippen molar-refractivity contribution in [2.75, 3.05) is 7.11 Å². The van der Waals surface area contributed by atoms with Crippen LogP contribution in [0.2, 0.25) is 0 Å². The number of nitro groups is 1. The maximum Gasteiger partial charge on any atom is 0.314 e. The van der Waals surface area contributed by atoms with Gasteiger partial charge >= 0.3 is 5.69 Å². The van der Waals surface area contributed by atoms with Crippen LogP contribution in [0, 0.1) is 10.1 Å². The van der Waals surface area contributed by atoms with Gasteiger partial charge < -0.3 is 20.4 Å². The minimum absolute atomic E-state index is 0.0963. The molecule has 0 bridgehead atoms. The second-order valence-electron chi connectivity index (χ2n) is 3.63. The molecule has 0 heterocycles. The first kappa shape index (κ1) is 14.6. The summed E-state index contributed by atoms with van der Waals surface area (Å²) in [7, 11) is 1.34. The first-order chi connectivity index (χ1) is 9.03. The van der Waals surface area contributed by atoms with Crippen LogP contribution in [-0.2, 0) is 0 Å². The second-order valence-corrected chi connectivity index (χ2v) is 3.63.